The number of amides is 1. The van der Waals surface area contributed by atoms with Crippen molar-refractivity contribution in [2.45, 2.75) is 12.5 Å². The van der Waals surface area contributed by atoms with E-state index in [9.17, 15) is 31.1 Å². The fourth-order valence-corrected chi connectivity index (χ4v) is 1.11. The molecule has 0 saturated heterocycles. The van der Waals surface area contributed by atoms with Crippen molar-refractivity contribution in [1.29, 1.82) is 0 Å². The smallest absolute Gasteiger partial charge is 0.355 e. The molecule has 1 N–H and O–H groups in total. The first kappa shape index (κ1) is 13.3. The second-order valence-electron chi connectivity index (χ2n) is 2.86. The predicted molar refractivity (Wildman–Crippen MR) is 41.9 cm³/mol. The molecule has 0 aliphatic rings. The van der Waals surface area contributed by atoms with Gasteiger partial charge in [0, 0.05) is 7.05 Å². The minimum atomic E-state index is -5.35. The minimum Gasteiger partial charge on any atom is -0.355 e. The molecule has 0 saturated carbocycles. The summed E-state index contributed by atoms with van der Waals surface area (Å²) in [5.74, 6) is -1.30. The van der Waals surface area contributed by atoms with Crippen molar-refractivity contribution in [3.05, 3.63) is 17.5 Å². The number of halogens is 6. The van der Waals surface area contributed by atoms with Crippen molar-refractivity contribution in [3.63, 3.8) is 0 Å². The number of carbonyl (C=O) groups excluding carboxylic acids is 1. The molecule has 0 atom stereocenters. The Hall–Kier alpha value is -1.74. The van der Waals surface area contributed by atoms with Crippen molar-refractivity contribution in [2.24, 2.45) is 0 Å². The number of hydrogen-bond acceptors (Lipinski definition) is 2. The minimum absolute atomic E-state index is 0.217. The standard InChI is InChI=1S/C7H5F6N3O/c1-14-5(17)3-2-15-16(7(11,12)13)4(3)6(8,9)10/h2H,1H3,(H,14,17). The van der Waals surface area contributed by atoms with Crippen LogP contribution in [0.15, 0.2) is 6.20 Å². The maximum atomic E-state index is 12.4. The molecular weight excluding hydrogens is 256 g/mol. The van der Waals surface area contributed by atoms with E-state index in [4.69, 9.17) is 0 Å². The molecule has 0 unspecified atom stereocenters. The van der Waals surface area contributed by atoms with Gasteiger partial charge in [-0.1, -0.05) is 0 Å². The summed E-state index contributed by atoms with van der Waals surface area (Å²) in [6.45, 7) is 0. The van der Waals surface area contributed by atoms with E-state index in [1.807, 2.05) is 0 Å². The Morgan fingerprint density at radius 3 is 2.18 bits per heavy atom. The summed E-state index contributed by atoms with van der Waals surface area (Å²) in [6.07, 6.45) is -10.5. The molecule has 0 spiro atoms. The van der Waals surface area contributed by atoms with Crippen molar-refractivity contribution >= 4 is 5.91 Å². The summed E-state index contributed by atoms with van der Waals surface area (Å²) in [7, 11) is 0.993. The number of rotatable bonds is 1. The molecule has 0 bridgehead atoms. The highest BCUT2D eigenvalue weighted by atomic mass is 19.4. The highest BCUT2D eigenvalue weighted by Crippen LogP contribution is 2.36. The number of nitrogens with one attached hydrogen (secondary N) is 1. The van der Waals surface area contributed by atoms with E-state index in [-0.39, 0.29) is 6.20 Å². The lowest BCUT2D eigenvalue weighted by Crippen LogP contribution is -2.28. The Morgan fingerprint density at radius 1 is 1.29 bits per heavy atom. The van der Waals surface area contributed by atoms with Crippen molar-refractivity contribution < 1.29 is 31.1 Å². The van der Waals surface area contributed by atoms with Gasteiger partial charge in [0.25, 0.3) is 5.91 Å². The molecule has 96 valence electrons. The topological polar surface area (TPSA) is 46.9 Å². The zero-order valence-corrected chi connectivity index (χ0v) is 8.15. The summed E-state index contributed by atoms with van der Waals surface area (Å²) in [4.78, 5) is 11.0. The van der Waals surface area contributed by atoms with E-state index in [2.05, 4.69) is 5.10 Å². The third-order valence-corrected chi connectivity index (χ3v) is 1.75. The molecule has 4 nitrogen and oxygen atoms in total. The van der Waals surface area contributed by atoms with E-state index in [1.165, 1.54) is 0 Å². The summed E-state index contributed by atoms with van der Waals surface area (Å²) >= 11 is 0. The van der Waals surface area contributed by atoms with Gasteiger partial charge >= 0.3 is 12.5 Å². The molecule has 0 aromatic carbocycles. The molecule has 0 fully saturated rings. The lowest BCUT2D eigenvalue weighted by Gasteiger charge is -2.13. The van der Waals surface area contributed by atoms with Crippen LogP contribution in [0.4, 0.5) is 26.3 Å². The quantitative estimate of drug-likeness (QED) is 0.783. The molecular formula is C7H5F6N3O. The van der Waals surface area contributed by atoms with Gasteiger partial charge in [0.2, 0.25) is 0 Å². The first-order chi connectivity index (χ1) is 7.59. The Bertz CT molecular complexity index is 432. The van der Waals surface area contributed by atoms with Crippen LogP contribution in [0, 0.1) is 0 Å². The number of nitrogens with zero attached hydrogens (tertiary/aromatic N) is 2. The average Bonchev–Trinajstić information content (AvgIpc) is 2.59. The maximum Gasteiger partial charge on any atom is 0.505 e. The summed E-state index contributed by atoms with van der Waals surface area (Å²) in [5, 5.41) is 4.33. The van der Waals surface area contributed by atoms with Gasteiger partial charge in [-0.3, -0.25) is 4.79 Å². The van der Waals surface area contributed by atoms with Crippen LogP contribution >= 0.6 is 0 Å². The van der Waals surface area contributed by atoms with Gasteiger partial charge in [-0.05, 0) is 0 Å². The third kappa shape index (κ3) is 2.50. The lowest BCUT2D eigenvalue weighted by atomic mass is 10.2. The van der Waals surface area contributed by atoms with Crippen LogP contribution < -0.4 is 5.32 Å². The van der Waals surface area contributed by atoms with Crippen molar-refractivity contribution in [1.82, 2.24) is 15.1 Å². The van der Waals surface area contributed by atoms with Crippen LogP contribution in [0.25, 0.3) is 0 Å². The van der Waals surface area contributed by atoms with E-state index >= 15 is 0 Å². The average molecular weight is 261 g/mol. The predicted octanol–water partition coefficient (Wildman–Crippen LogP) is 1.74. The van der Waals surface area contributed by atoms with Gasteiger partial charge in [-0.25, -0.2) is 0 Å². The fourth-order valence-electron chi connectivity index (χ4n) is 1.11. The van der Waals surface area contributed by atoms with E-state index in [0.717, 1.165) is 7.05 Å². The summed E-state index contributed by atoms with van der Waals surface area (Å²) < 4.78 is 72.8. The van der Waals surface area contributed by atoms with E-state index in [1.54, 1.807) is 5.32 Å². The zero-order chi connectivity index (χ0) is 13.4. The summed E-state index contributed by atoms with van der Waals surface area (Å²) in [5.41, 5.74) is -3.33. The van der Waals surface area contributed by atoms with Gasteiger partial charge < -0.3 is 5.32 Å². The second-order valence-corrected chi connectivity index (χ2v) is 2.86. The molecule has 1 aromatic heterocycles. The highest BCUT2D eigenvalue weighted by Gasteiger charge is 2.47. The SMILES string of the molecule is CNC(=O)c1cnn(C(F)(F)F)c1C(F)(F)F. The molecule has 1 aromatic rings. The number of hydrogen-bond donors (Lipinski definition) is 1. The first-order valence-corrected chi connectivity index (χ1v) is 4.03. The highest BCUT2D eigenvalue weighted by molar-refractivity contribution is 5.95. The molecule has 0 aliphatic carbocycles. The maximum absolute atomic E-state index is 12.4. The van der Waals surface area contributed by atoms with Gasteiger partial charge in [-0.2, -0.15) is 23.0 Å². The fraction of sp³-hybridized carbons (Fsp3) is 0.429. The normalized spacial score (nSPS) is 12.6. The van der Waals surface area contributed by atoms with Gasteiger partial charge in [0.05, 0.1) is 11.8 Å². The van der Waals surface area contributed by atoms with Gasteiger partial charge in [0.1, 0.15) is 0 Å². The Labute approximate surface area is 90.2 Å². The Kier molecular flexibility index (Phi) is 3.08. The molecule has 1 heterocycles. The monoisotopic (exact) mass is 261 g/mol. The van der Waals surface area contributed by atoms with Crippen LogP contribution in [-0.2, 0) is 12.5 Å². The number of alkyl halides is 6. The van der Waals surface area contributed by atoms with Crippen LogP contribution in [0.1, 0.15) is 16.1 Å². The first-order valence-electron chi connectivity index (χ1n) is 4.03. The van der Waals surface area contributed by atoms with Crippen LogP contribution in [0.2, 0.25) is 0 Å². The van der Waals surface area contributed by atoms with Crippen molar-refractivity contribution in [3.8, 4) is 0 Å². The van der Waals surface area contributed by atoms with Crippen LogP contribution in [0.3, 0.4) is 0 Å². The molecule has 1 rings (SSSR count). The number of carbonyl (C=O) groups is 1. The molecule has 17 heavy (non-hydrogen) atoms. The van der Waals surface area contributed by atoms with Gasteiger partial charge in [0.15, 0.2) is 5.69 Å². The third-order valence-electron chi connectivity index (χ3n) is 1.75. The van der Waals surface area contributed by atoms with Crippen molar-refractivity contribution in [2.75, 3.05) is 7.05 Å². The Morgan fingerprint density at radius 2 is 1.82 bits per heavy atom. The molecule has 10 heteroatoms. The van der Waals surface area contributed by atoms with Crippen LogP contribution in [-0.4, -0.2) is 22.7 Å². The Balaban J connectivity index is 3.47. The molecule has 0 radical (unpaired) electrons. The molecule has 1 amide bonds. The molecule has 0 aliphatic heterocycles. The number of aromatic nitrogens is 2. The van der Waals surface area contributed by atoms with Gasteiger partial charge in [-0.15, -0.1) is 13.2 Å². The van der Waals surface area contributed by atoms with E-state index < -0.39 is 34.3 Å². The zero-order valence-electron chi connectivity index (χ0n) is 8.15. The second kappa shape index (κ2) is 3.93. The lowest BCUT2D eigenvalue weighted by molar-refractivity contribution is -0.229. The van der Waals surface area contributed by atoms with Crippen LogP contribution in [0.5, 0.6) is 0 Å². The summed E-state index contributed by atoms with van der Waals surface area (Å²) in [6, 6.07) is 0. The van der Waals surface area contributed by atoms with E-state index in [0.29, 0.717) is 0 Å². The largest absolute Gasteiger partial charge is 0.505 e.